The maximum atomic E-state index is 5.27. The smallest absolute Gasteiger partial charge is 0.150 e. The molecule has 1 aromatic heterocycles. The first-order valence-corrected chi connectivity index (χ1v) is 5.55. The average Bonchev–Trinajstić information content (AvgIpc) is 2.67. The van der Waals surface area contributed by atoms with E-state index < -0.39 is 0 Å². The molecule has 0 unspecified atom stereocenters. The molecule has 3 heteroatoms. The van der Waals surface area contributed by atoms with Crippen LogP contribution in [0.4, 0.5) is 0 Å². The molecular weight excluding hydrogens is 176 g/mol. The Bertz CT molecular complexity index is 277. The molecule has 0 bridgehead atoms. The number of likely N-dealkylation sites (tertiary alicyclic amines) is 1. The minimum atomic E-state index is 0.938. The third-order valence-electron chi connectivity index (χ3n) is 2.80. The monoisotopic (exact) mass is 194 g/mol. The van der Waals surface area contributed by atoms with E-state index in [1.54, 1.807) is 0 Å². The third kappa shape index (κ3) is 2.35. The summed E-state index contributed by atoms with van der Waals surface area (Å²) in [5, 5.41) is 4.00. The summed E-state index contributed by atoms with van der Waals surface area (Å²) < 4.78 is 5.27. The van der Waals surface area contributed by atoms with Crippen LogP contribution in [0.3, 0.4) is 0 Å². The van der Waals surface area contributed by atoms with Gasteiger partial charge in [0.2, 0.25) is 0 Å². The van der Waals surface area contributed by atoms with E-state index in [0.717, 1.165) is 24.4 Å². The van der Waals surface area contributed by atoms with Crippen molar-refractivity contribution in [3.63, 3.8) is 0 Å². The van der Waals surface area contributed by atoms with Gasteiger partial charge < -0.3 is 4.52 Å². The summed E-state index contributed by atoms with van der Waals surface area (Å²) >= 11 is 0. The van der Waals surface area contributed by atoms with E-state index in [1.807, 2.05) is 0 Å². The molecule has 1 fully saturated rings. The van der Waals surface area contributed by atoms with E-state index in [4.69, 9.17) is 4.52 Å². The van der Waals surface area contributed by atoms with Crippen molar-refractivity contribution >= 4 is 0 Å². The fourth-order valence-electron chi connectivity index (χ4n) is 1.93. The van der Waals surface area contributed by atoms with Gasteiger partial charge in [-0.2, -0.15) is 0 Å². The van der Waals surface area contributed by atoms with Crippen LogP contribution in [0.2, 0.25) is 0 Å². The Morgan fingerprint density at radius 3 is 2.79 bits per heavy atom. The van der Waals surface area contributed by atoms with Crippen LogP contribution in [-0.4, -0.2) is 23.1 Å². The Morgan fingerprint density at radius 1 is 1.36 bits per heavy atom. The number of aryl methyl sites for hydroxylation is 1. The van der Waals surface area contributed by atoms with E-state index in [-0.39, 0.29) is 0 Å². The molecule has 0 aliphatic carbocycles. The fourth-order valence-corrected chi connectivity index (χ4v) is 1.93. The second kappa shape index (κ2) is 4.60. The van der Waals surface area contributed by atoms with Crippen LogP contribution in [0.5, 0.6) is 0 Å². The highest BCUT2D eigenvalue weighted by molar-refractivity contribution is 5.04. The Labute approximate surface area is 85.1 Å². The largest absolute Gasteiger partial charge is 0.360 e. The molecule has 2 rings (SSSR count). The minimum absolute atomic E-state index is 0.938. The number of hydrogen-bond acceptors (Lipinski definition) is 3. The maximum Gasteiger partial charge on any atom is 0.150 e. The number of hydrogen-bond donors (Lipinski definition) is 0. The summed E-state index contributed by atoms with van der Waals surface area (Å²) in [6.45, 7) is 5.46. The normalized spacial score (nSPS) is 18.6. The number of rotatable bonds is 3. The molecule has 0 saturated carbocycles. The maximum absolute atomic E-state index is 5.27. The molecule has 0 radical (unpaired) electrons. The molecule has 1 saturated heterocycles. The van der Waals surface area contributed by atoms with Gasteiger partial charge in [-0.25, -0.2) is 0 Å². The molecule has 0 spiro atoms. The zero-order valence-electron chi connectivity index (χ0n) is 8.83. The van der Waals surface area contributed by atoms with Gasteiger partial charge in [0, 0.05) is 6.07 Å². The van der Waals surface area contributed by atoms with Crippen molar-refractivity contribution in [2.45, 2.75) is 39.2 Å². The van der Waals surface area contributed by atoms with Crippen molar-refractivity contribution < 1.29 is 4.52 Å². The molecule has 1 aromatic rings. The number of piperidine rings is 1. The van der Waals surface area contributed by atoms with Crippen molar-refractivity contribution in [1.82, 2.24) is 10.1 Å². The zero-order valence-corrected chi connectivity index (χ0v) is 8.83. The quantitative estimate of drug-likeness (QED) is 0.739. The summed E-state index contributed by atoms with van der Waals surface area (Å²) in [5.41, 5.74) is 1.07. The van der Waals surface area contributed by atoms with Crippen molar-refractivity contribution in [1.29, 1.82) is 0 Å². The Morgan fingerprint density at radius 2 is 2.14 bits per heavy atom. The van der Waals surface area contributed by atoms with Gasteiger partial charge in [-0.05, 0) is 32.4 Å². The predicted octanol–water partition coefficient (Wildman–Crippen LogP) is 2.22. The highest BCUT2D eigenvalue weighted by atomic mass is 16.5. The van der Waals surface area contributed by atoms with Crippen LogP contribution in [0.15, 0.2) is 10.6 Å². The van der Waals surface area contributed by atoms with Gasteiger partial charge >= 0.3 is 0 Å². The lowest BCUT2D eigenvalue weighted by molar-refractivity contribution is 0.197. The van der Waals surface area contributed by atoms with Gasteiger partial charge in [-0.15, -0.1) is 0 Å². The molecular formula is C11H18N2O. The first-order valence-electron chi connectivity index (χ1n) is 5.55. The van der Waals surface area contributed by atoms with E-state index in [1.165, 1.54) is 32.4 Å². The summed E-state index contributed by atoms with van der Waals surface area (Å²) in [5.74, 6) is 1.02. The summed E-state index contributed by atoms with van der Waals surface area (Å²) in [7, 11) is 0. The predicted molar refractivity (Wildman–Crippen MR) is 55.0 cm³/mol. The van der Waals surface area contributed by atoms with Crippen molar-refractivity contribution in [3.05, 3.63) is 17.5 Å². The first-order chi connectivity index (χ1) is 6.88. The van der Waals surface area contributed by atoms with Gasteiger partial charge in [0.1, 0.15) is 0 Å². The highest BCUT2D eigenvalue weighted by Crippen LogP contribution is 2.13. The Kier molecular flexibility index (Phi) is 3.19. The molecule has 1 aliphatic rings. The van der Waals surface area contributed by atoms with E-state index in [0.29, 0.717) is 0 Å². The van der Waals surface area contributed by atoms with Crippen LogP contribution in [0.1, 0.15) is 37.6 Å². The first kappa shape index (κ1) is 9.71. The molecule has 0 amide bonds. The van der Waals surface area contributed by atoms with Gasteiger partial charge in [-0.3, -0.25) is 4.90 Å². The van der Waals surface area contributed by atoms with E-state index >= 15 is 0 Å². The van der Waals surface area contributed by atoms with Crippen molar-refractivity contribution in [3.8, 4) is 0 Å². The molecule has 0 N–H and O–H groups in total. The molecule has 0 aromatic carbocycles. The van der Waals surface area contributed by atoms with Gasteiger partial charge in [-0.1, -0.05) is 18.5 Å². The van der Waals surface area contributed by atoms with Crippen molar-refractivity contribution in [2.75, 3.05) is 13.1 Å². The minimum Gasteiger partial charge on any atom is -0.360 e. The lowest BCUT2D eigenvalue weighted by Crippen LogP contribution is -2.28. The van der Waals surface area contributed by atoms with Gasteiger partial charge in [0.25, 0.3) is 0 Å². The Hall–Kier alpha value is -0.830. The van der Waals surface area contributed by atoms with Gasteiger partial charge in [0.05, 0.1) is 12.2 Å². The lowest BCUT2D eigenvalue weighted by Gasteiger charge is -2.24. The van der Waals surface area contributed by atoms with Crippen LogP contribution in [0, 0.1) is 0 Å². The van der Waals surface area contributed by atoms with E-state index in [9.17, 15) is 0 Å². The summed E-state index contributed by atoms with van der Waals surface area (Å²) in [6.07, 6.45) is 5.00. The van der Waals surface area contributed by atoms with Gasteiger partial charge in [0.15, 0.2) is 5.76 Å². The molecule has 78 valence electrons. The molecule has 0 atom stereocenters. The Balaban J connectivity index is 1.89. The number of aromatic nitrogens is 1. The third-order valence-corrected chi connectivity index (χ3v) is 2.80. The zero-order chi connectivity index (χ0) is 9.80. The van der Waals surface area contributed by atoms with Crippen LogP contribution >= 0.6 is 0 Å². The van der Waals surface area contributed by atoms with Crippen LogP contribution < -0.4 is 0 Å². The van der Waals surface area contributed by atoms with Crippen LogP contribution in [-0.2, 0) is 13.0 Å². The topological polar surface area (TPSA) is 29.3 Å². The molecule has 2 heterocycles. The molecule has 1 aliphatic heterocycles. The number of nitrogens with zero attached hydrogens (tertiary/aromatic N) is 2. The second-order valence-corrected chi connectivity index (χ2v) is 3.97. The fraction of sp³-hybridized carbons (Fsp3) is 0.727. The second-order valence-electron chi connectivity index (χ2n) is 3.97. The van der Waals surface area contributed by atoms with Crippen LogP contribution in [0.25, 0.3) is 0 Å². The molecule has 14 heavy (non-hydrogen) atoms. The van der Waals surface area contributed by atoms with Crippen molar-refractivity contribution in [2.24, 2.45) is 0 Å². The standard InChI is InChI=1S/C11H18N2O/c1-2-10-8-11(14-12-10)9-13-6-4-3-5-7-13/h8H,2-7,9H2,1H3. The average molecular weight is 194 g/mol. The SMILES string of the molecule is CCc1cc(CN2CCCCC2)on1. The lowest BCUT2D eigenvalue weighted by atomic mass is 10.1. The molecule has 3 nitrogen and oxygen atoms in total. The van der Waals surface area contributed by atoms with E-state index in [2.05, 4.69) is 23.0 Å². The summed E-state index contributed by atoms with van der Waals surface area (Å²) in [4.78, 5) is 2.45. The summed E-state index contributed by atoms with van der Waals surface area (Å²) in [6, 6.07) is 2.08. The highest BCUT2D eigenvalue weighted by Gasteiger charge is 2.12.